The molecule has 17 heavy (non-hydrogen) atoms. The van der Waals surface area contributed by atoms with Gasteiger partial charge in [0.1, 0.15) is 6.04 Å². The van der Waals surface area contributed by atoms with Gasteiger partial charge in [0, 0.05) is 26.0 Å². The fourth-order valence-electron chi connectivity index (χ4n) is 1.86. The zero-order chi connectivity index (χ0) is 12.4. The van der Waals surface area contributed by atoms with Gasteiger partial charge in [-0.1, -0.05) is 0 Å². The first kappa shape index (κ1) is 11.4. The largest absolute Gasteiger partial charge is 0.480 e. The molecule has 2 heterocycles. The molecule has 0 spiro atoms. The maximum atomic E-state index is 11.8. The van der Waals surface area contributed by atoms with Gasteiger partial charge in [0.25, 0.3) is 0 Å². The van der Waals surface area contributed by atoms with Gasteiger partial charge in [-0.15, -0.1) is 0 Å². The molecule has 2 rings (SSSR count). The van der Waals surface area contributed by atoms with E-state index in [2.05, 4.69) is 4.98 Å². The van der Waals surface area contributed by atoms with E-state index in [1.54, 1.807) is 31.6 Å². The number of hydrogen-bond acceptors (Lipinski definition) is 3. The number of rotatable bonds is 3. The molecule has 0 radical (unpaired) electrons. The second-order valence-corrected chi connectivity index (χ2v) is 4.00. The SMILES string of the molecule is CN1CC(C(=O)O)N(Cc2ccncc2)C1=O. The minimum atomic E-state index is -0.975. The number of likely N-dealkylation sites (N-methyl/N-ethyl adjacent to an activating group) is 1. The van der Waals surface area contributed by atoms with Crippen LogP contribution in [-0.4, -0.2) is 51.5 Å². The Morgan fingerprint density at radius 3 is 2.76 bits per heavy atom. The summed E-state index contributed by atoms with van der Waals surface area (Å²) in [4.78, 5) is 29.5. The second-order valence-electron chi connectivity index (χ2n) is 4.00. The fourth-order valence-corrected chi connectivity index (χ4v) is 1.86. The number of pyridine rings is 1. The molecule has 1 N–H and O–H groups in total. The zero-order valence-electron chi connectivity index (χ0n) is 9.41. The number of hydrogen-bond donors (Lipinski definition) is 1. The first-order chi connectivity index (χ1) is 8.09. The average molecular weight is 235 g/mol. The van der Waals surface area contributed by atoms with Crippen LogP contribution in [0.1, 0.15) is 5.56 Å². The molecular formula is C11H13N3O3. The molecule has 0 bridgehead atoms. The van der Waals surface area contributed by atoms with E-state index in [1.807, 2.05) is 0 Å². The molecular weight excluding hydrogens is 222 g/mol. The Balaban J connectivity index is 2.18. The summed E-state index contributed by atoms with van der Waals surface area (Å²) in [5, 5.41) is 9.06. The number of urea groups is 1. The number of amides is 2. The van der Waals surface area contributed by atoms with Crippen LogP contribution in [0.4, 0.5) is 4.79 Å². The third kappa shape index (κ3) is 2.20. The lowest BCUT2D eigenvalue weighted by Gasteiger charge is -2.19. The summed E-state index contributed by atoms with van der Waals surface area (Å²) in [6.07, 6.45) is 3.24. The van der Waals surface area contributed by atoms with Gasteiger partial charge in [-0.25, -0.2) is 9.59 Å². The predicted octanol–water partition coefficient (Wildman–Crippen LogP) is 0.402. The number of aliphatic carboxylic acids is 1. The molecule has 1 aromatic heterocycles. The van der Waals surface area contributed by atoms with Crippen LogP contribution in [0.15, 0.2) is 24.5 Å². The van der Waals surface area contributed by atoms with E-state index < -0.39 is 12.0 Å². The van der Waals surface area contributed by atoms with Crippen molar-refractivity contribution >= 4 is 12.0 Å². The van der Waals surface area contributed by atoms with Gasteiger partial charge < -0.3 is 14.9 Å². The van der Waals surface area contributed by atoms with Gasteiger partial charge in [-0.2, -0.15) is 0 Å². The lowest BCUT2D eigenvalue weighted by Crippen LogP contribution is -2.38. The molecule has 1 fully saturated rings. The van der Waals surface area contributed by atoms with Gasteiger partial charge >= 0.3 is 12.0 Å². The summed E-state index contributed by atoms with van der Waals surface area (Å²) in [5.41, 5.74) is 0.870. The van der Waals surface area contributed by atoms with Crippen molar-refractivity contribution in [1.29, 1.82) is 0 Å². The normalized spacial score (nSPS) is 19.8. The molecule has 0 saturated carbocycles. The van der Waals surface area contributed by atoms with E-state index in [1.165, 1.54) is 9.80 Å². The zero-order valence-corrected chi connectivity index (χ0v) is 9.41. The van der Waals surface area contributed by atoms with Crippen LogP contribution in [0.2, 0.25) is 0 Å². The van der Waals surface area contributed by atoms with Crippen molar-refractivity contribution in [2.75, 3.05) is 13.6 Å². The van der Waals surface area contributed by atoms with Gasteiger partial charge in [0.2, 0.25) is 0 Å². The summed E-state index contributed by atoms with van der Waals surface area (Å²) in [5.74, 6) is -0.975. The summed E-state index contributed by atoms with van der Waals surface area (Å²) in [7, 11) is 1.60. The minimum absolute atomic E-state index is 0.221. The molecule has 6 nitrogen and oxygen atoms in total. The molecule has 1 atom stereocenters. The Morgan fingerprint density at radius 2 is 2.18 bits per heavy atom. The lowest BCUT2D eigenvalue weighted by atomic mass is 10.2. The van der Waals surface area contributed by atoms with Crippen molar-refractivity contribution in [2.24, 2.45) is 0 Å². The predicted molar refractivity (Wildman–Crippen MR) is 59.2 cm³/mol. The van der Waals surface area contributed by atoms with E-state index in [-0.39, 0.29) is 12.6 Å². The van der Waals surface area contributed by atoms with Crippen molar-refractivity contribution in [3.8, 4) is 0 Å². The third-order valence-corrected chi connectivity index (χ3v) is 2.78. The highest BCUT2D eigenvalue weighted by Gasteiger charge is 2.39. The van der Waals surface area contributed by atoms with Crippen molar-refractivity contribution < 1.29 is 14.7 Å². The maximum absolute atomic E-state index is 11.8. The Morgan fingerprint density at radius 1 is 1.53 bits per heavy atom. The van der Waals surface area contributed by atoms with Crippen LogP contribution >= 0.6 is 0 Å². The van der Waals surface area contributed by atoms with Gasteiger partial charge in [0.05, 0.1) is 6.54 Å². The molecule has 1 unspecified atom stereocenters. The summed E-state index contributed by atoms with van der Waals surface area (Å²) >= 11 is 0. The minimum Gasteiger partial charge on any atom is -0.480 e. The molecule has 1 saturated heterocycles. The summed E-state index contributed by atoms with van der Waals surface area (Å²) in [6.45, 7) is 0.516. The molecule has 6 heteroatoms. The fraction of sp³-hybridized carbons (Fsp3) is 0.364. The van der Waals surface area contributed by atoms with Crippen LogP contribution in [0.3, 0.4) is 0 Å². The highest BCUT2D eigenvalue weighted by Crippen LogP contribution is 2.17. The van der Waals surface area contributed by atoms with Crippen LogP contribution in [0.5, 0.6) is 0 Å². The highest BCUT2D eigenvalue weighted by molar-refractivity contribution is 5.86. The molecule has 1 aromatic rings. The van der Waals surface area contributed by atoms with Crippen LogP contribution in [0.25, 0.3) is 0 Å². The van der Waals surface area contributed by atoms with E-state index in [0.717, 1.165) is 5.56 Å². The first-order valence-corrected chi connectivity index (χ1v) is 5.23. The van der Waals surface area contributed by atoms with Gasteiger partial charge in [0.15, 0.2) is 0 Å². The topological polar surface area (TPSA) is 73.7 Å². The van der Waals surface area contributed by atoms with Crippen LogP contribution in [0, 0.1) is 0 Å². The van der Waals surface area contributed by atoms with E-state index in [0.29, 0.717) is 6.54 Å². The Hall–Kier alpha value is -2.11. The number of aromatic nitrogens is 1. The number of carboxylic acid groups (broad SMARTS) is 1. The molecule has 1 aliphatic heterocycles. The van der Waals surface area contributed by atoms with Crippen molar-refractivity contribution in [1.82, 2.24) is 14.8 Å². The monoisotopic (exact) mass is 235 g/mol. The van der Waals surface area contributed by atoms with Crippen molar-refractivity contribution in [2.45, 2.75) is 12.6 Å². The van der Waals surface area contributed by atoms with E-state index in [9.17, 15) is 9.59 Å². The number of nitrogens with zero attached hydrogens (tertiary/aromatic N) is 3. The molecule has 0 aromatic carbocycles. The van der Waals surface area contributed by atoms with E-state index in [4.69, 9.17) is 5.11 Å². The summed E-state index contributed by atoms with van der Waals surface area (Å²) < 4.78 is 0. The van der Waals surface area contributed by atoms with E-state index >= 15 is 0 Å². The first-order valence-electron chi connectivity index (χ1n) is 5.23. The lowest BCUT2D eigenvalue weighted by molar-refractivity contribution is -0.141. The Labute approximate surface area is 98.5 Å². The van der Waals surface area contributed by atoms with Crippen molar-refractivity contribution in [3.63, 3.8) is 0 Å². The van der Waals surface area contributed by atoms with Crippen LogP contribution in [-0.2, 0) is 11.3 Å². The highest BCUT2D eigenvalue weighted by atomic mass is 16.4. The molecule has 0 aliphatic carbocycles. The smallest absolute Gasteiger partial charge is 0.328 e. The Bertz CT molecular complexity index is 435. The average Bonchev–Trinajstić information content (AvgIpc) is 2.59. The quantitative estimate of drug-likeness (QED) is 0.823. The van der Waals surface area contributed by atoms with Gasteiger partial charge in [-0.3, -0.25) is 4.98 Å². The Kier molecular flexibility index (Phi) is 2.95. The van der Waals surface area contributed by atoms with Crippen molar-refractivity contribution in [3.05, 3.63) is 30.1 Å². The molecule has 2 amide bonds. The number of carboxylic acids is 1. The third-order valence-electron chi connectivity index (χ3n) is 2.78. The standard InChI is InChI=1S/C11H13N3O3/c1-13-7-9(10(15)16)14(11(13)17)6-8-2-4-12-5-3-8/h2-5,9H,6-7H2,1H3,(H,15,16). The molecule has 1 aliphatic rings. The van der Waals surface area contributed by atoms with Gasteiger partial charge in [-0.05, 0) is 17.7 Å². The number of carbonyl (C=O) groups excluding carboxylic acids is 1. The maximum Gasteiger partial charge on any atom is 0.328 e. The number of carbonyl (C=O) groups is 2. The second kappa shape index (κ2) is 4.40. The van der Waals surface area contributed by atoms with Crippen LogP contribution < -0.4 is 0 Å². The summed E-state index contributed by atoms with van der Waals surface area (Å²) in [6, 6.07) is 2.50. The molecule has 90 valence electrons.